The summed E-state index contributed by atoms with van der Waals surface area (Å²) in [5.74, 6) is 0.541. The average molecular weight is 244 g/mol. The van der Waals surface area contributed by atoms with E-state index in [0.717, 1.165) is 24.2 Å². The Morgan fingerprint density at radius 3 is 2.61 bits per heavy atom. The Morgan fingerprint density at radius 1 is 1.22 bits per heavy atom. The molecule has 0 atom stereocenters. The molecule has 0 aromatic carbocycles. The molecule has 4 heteroatoms. The van der Waals surface area contributed by atoms with Crippen LogP contribution in [0.15, 0.2) is 30.9 Å². The Labute approximate surface area is 108 Å². The van der Waals surface area contributed by atoms with Crippen molar-refractivity contribution in [1.29, 1.82) is 0 Å². The number of aromatic nitrogens is 3. The minimum Gasteiger partial charge on any atom is -0.384 e. The van der Waals surface area contributed by atoms with Gasteiger partial charge in [0.2, 0.25) is 0 Å². The van der Waals surface area contributed by atoms with Crippen LogP contribution < -0.4 is 5.73 Å². The molecule has 96 valence electrons. The molecule has 0 radical (unpaired) electrons. The standard InChI is InChI=1S/C14H20N4/c1-14(2,3)6-7-18-10-16-9-12(18)11-4-5-13(15)17-8-11/h4-5,8-10H,6-7H2,1-3H3,(H2,15,17). The Hall–Kier alpha value is -1.84. The number of aryl methyl sites for hydroxylation is 1. The summed E-state index contributed by atoms with van der Waals surface area (Å²) in [6.07, 6.45) is 6.64. The molecule has 4 nitrogen and oxygen atoms in total. The first-order chi connectivity index (χ1) is 8.46. The largest absolute Gasteiger partial charge is 0.384 e. The van der Waals surface area contributed by atoms with Crippen molar-refractivity contribution in [1.82, 2.24) is 14.5 Å². The van der Waals surface area contributed by atoms with Gasteiger partial charge in [0.1, 0.15) is 5.82 Å². The summed E-state index contributed by atoms with van der Waals surface area (Å²) in [6, 6.07) is 3.80. The van der Waals surface area contributed by atoms with Crippen LogP contribution in [0, 0.1) is 5.41 Å². The maximum atomic E-state index is 5.60. The minimum atomic E-state index is 0.320. The number of nitrogen functional groups attached to an aromatic ring is 1. The van der Waals surface area contributed by atoms with Gasteiger partial charge in [0, 0.05) is 18.3 Å². The molecule has 0 bridgehead atoms. The van der Waals surface area contributed by atoms with Gasteiger partial charge in [-0.3, -0.25) is 0 Å². The van der Waals surface area contributed by atoms with E-state index in [-0.39, 0.29) is 0 Å². The molecular formula is C14H20N4. The van der Waals surface area contributed by atoms with Gasteiger partial charge in [-0.2, -0.15) is 0 Å². The molecule has 0 aliphatic carbocycles. The van der Waals surface area contributed by atoms with Crippen LogP contribution >= 0.6 is 0 Å². The number of anilines is 1. The van der Waals surface area contributed by atoms with E-state index in [1.54, 1.807) is 6.20 Å². The zero-order chi connectivity index (χ0) is 13.2. The van der Waals surface area contributed by atoms with E-state index >= 15 is 0 Å². The zero-order valence-corrected chi connectivity index (χ0v) is 11.2. The highest BCUT2D eigenvalue weighted by Crippen LogP contribution is 2.23. The van der Waals surface area contributed by atoms with Gasteiger partial charge >= 0.3 is 0 Å². The fourth-order valence-electron chi connectivity index (χ4n) is 1.75. The molecule has 0 unspecified atom stereocenters. The molecule has 2 N–H and O–H groups in total. The summed E-state index contributed by atoms with van der Waals surface area (Å²) in [7, 11) is 0. The summed E-state index contributed by atoms with van der Waals surface area (Å²) >= 11 is 0. The second kappa shape index (κ2) is 4.80. The molecule has 0 saturated heterocycles. The number of nitrogens with zero attached hydrogens (tertiary/aromatic N) is 3. The van der Waals surface area contributed by atoms with Crippen LogP contribution in [0.5, 0.6) is 0 Å². The first kappa shape index (κ1) is 12.6. The lowest BCUT2D eigenvalue weighted by Gasteiger charge is -2.19. The van der Waals surface area contributed by atoms with Crippen LogP contribution in [-0.2, 0) is 6.54 Å². The lowest BCUT2D eigenvalue weighted by molar-refractivity contribution is 0.351. The van der Waals surface area contributed by atoms with Crippen molar-refractivity contribution in [3.05, 3.63) is 30.9 Å². The molecule has 2 aromatic rings. The molecule has 0 spiro atoms. The quantitative estimate of drug-likeness (QED) is 0.903. The Morgan fingerprint density at radius 2 is 2.00 bits per heavy atom. The van der Waals surface area contributed by atoms with E-state index in [2.05, 4.69) is 35.3 Å². The summed E-state index contributed by atoms with van der Waals surface area (Å²) < 4.78 is 2.17. The highest BCUT2D eigenvalue weighted by molar-refractivity contribution is 5.59. The fourth-order valence-corrected chi connectivity index (χ4v) is 1.75. The number of imidazole rings is 1. The van der Waals surface area contributed by atoms with Crippen molar-refractivity contribution in [3.63, 3.8) is 0 Å². The number of nitrogens with two attached hydrogens (primary N) is 1. The molecule has 2 heterocycles. The smallest absolute Gasteiger partial charge is 0.123 e. The molecule has 0 fully saturated rings. The first-order valence-corrected chi connectivity index (χ1v) is 6.18. The van der Waals surface area contributed by atoms with Crippen molar-refractivity contribution in [3.8, 4) is 11.3 Å². The monoisotopic (exact) mass is 244 g/mol. The van der Waals surface area contributed by atoms with Gasteiger partial charge in [-0.05, 0) is 24.0 Å². The van der Waals surface area contributed by atoms with Crippen molar-refractivity contribution >= 4 is 5.82 Å². The van der Waals surface area contributed by atoms with Crippen LogP contribution in [0.4, 0.5) is 5.82 Å². The lowest BCUT2D eigenvalue weighted by Crippen LogP contribution is -2.10. The van der Waals surface area contributed by atoms with E-state index in [9.17, 15) is 0 Å². The molecule has 0 aliphatic heterocycles. The Bertz CT molecular complexity index is 505. The van der Waals surface area contributed by atoms with E-state index in [1.807, 2.05) is 24.7 Å². The number of pyridine rings is 1. The average Bonchev–Trinajstić information content (AvgIpc) is 2.75. The molecule has 0 amide bonds. The van der Waals surface area contributed by atoms with Gasteiger partial charge in [-0.1, -0.05) is 20.8 Å². The third-order valence-corrected chi connectivity index (χ3v) is 2.90. The van der Waals surface area contributed by atoms with Crippen LogP contribution in [0.3, 0.4) is 0 Å². The van der Waals surface area contributed by atoms with E-state index < -0.39 is 0 Å². The second-order valence-corrected chi connectivity index (χ2v) is 5.75. The van der Waals surface area contributed by atoms with E-state index in [1.165, 1.54) is 0 Å². The number of hydrogen-bond acceptors (Lipinski definition) is 3. The van der Waals surface area contributed by atoms with Gasteiger partial charge in [0.05, 0.1) is 18.2 Å². The molecule has 0 saturated carbocycles. The van der Waals surface area contributed by atoms with Crippen LogP contribution in [-0.4, -0.2) is 14.5 Å². The highest BCUT2D eigenvalue weighted by Gasteiger charge is 2.12. The van der Waals surface area contributed by atoms with Crippen molar-refractivity contribution in [2.75, 3.05) is 5.73 Å². The number of rotatable bonds is 3. The van der Waals surface area contributed by atoms with Gasteiger partial charge in [0.25, 0.3) is 0 Å². The Kier molecular flexibility index (Phi) is 3.36. The minimum absolute atomic E-state index is 0.320. The summed E-state index contributed by atoms with van der Waals surface area (Å²) in [4.78, 5) is 8.35. The molecular weight excluding hydrogens is 224 g/mol. The van der Waals surface area contributed by atoms with Crippen molar-refractivity contribution in [2.24, 2.45) is 5.41 Å². The van der Waals surface area contributed by atoms with Gasteiger partial charge in [0.15, 0.2) is 0 Å². The number of hydrogen-bond donors (Lipinski definition) is 1. The maximum absolute atomic E-state index is 5.60. The maximum Gasteiger partial charge on any atom is 0.123 e. The molecule has 2 rings (SSSR count). The van der Waals surface area contributed by atoms with Gasteiger partial charge < -0.3 is 10.3 Å². The van der Waals surface area contributed by atoms with Crippen LogP contribution in [0.1, 0.15) is 27.2 Å². The summed E-state index contributed by atoms with van der Waals surface area (Å²) in [5, 5.41) is 0. The summed E-state index contributed by atoms with van der Waals surface area (Å²) in [6.45, 7) is 7.69. The second-order valence-electron chi connectivity index (χ2n) is 5.75. The highest BCUT2D eigenvalue weighted by atomic mass is 15.0. The van der Waals surface area contributed by atoms with Crippen LogP contribution in [0.25, 0.3) is 11.3 Å². The van der Waals surface area contributed by atoms with Crippen molar-refractivity contribution < 1.29 is 0 Å². The van der Waals surface area contributed by atoms with E-state index in [0.29, 0.717) is 11.2 Å². The van der Waals surface area contributed by atoms with Gasteiger partial charge in [-0.15, -0.1) is 0 Å². The lowest BCUT2D eigenvalue weighted by atomic mass is 9.92. The summed E-state index contributed by atoms with van der Waals surface area (Å²) in [5.41, 5.74) is 8.06. The Balaban J connectivity index is 2.20. The normalized spacial score (nSPS) is 11.7. The topological polar surface area (TPSA) is 56.7 Å². The fraction of sp³-hybridized carbons (Fsp3) is 0.429. The molecule has 2 aromatic heterocycles. The van der Waals surface area contributed by atoms with E-state index in [4.69, 9.17) is 5.73 Å². The zero-order valence-electron chi connectivity index (χ0n) is 11.2. The molecule has 18 heavy (non-hydrogen) atoms. The van der Waals surface area contributed by atoms with Crippen LogP contribution in [0.2, 0.25) is 0 Å². The van der Waals surface area contributed by atoms with Crippen molar-refractivity contribution in [2.45, 2.75) is 33.7 Å². The molecule has 0 aliphatic rings. The predicted octanol–water partition coefficient (Wildman–Crippen LogP) is 2.96. The van der Waals surface area contributed by atoms with Gasteiger partial charge in [-0.25, -0.2) is 9.97 Å². The SMILES string of the molecule is CC(C)(C)CCn1cncc1-c1ccc(N)nc1. The third kappa shape index (κ3) is 3.09. The third-order valence-electron chi connectivity index (χ3n) is 2.90. The first-order valence-electron chi connectivity index (χ1n) is 6.18. The predicted molar refractivity (Wildman–Crippen MR) is 73.9 cm³/mol.